The van der Waals surface area contributed by atoms with E-state index in [0.29, 0.717) is 23.7 Å². The molecule has 0 aromatic heterocycles. The molecule has 1 fully saturated rings. The fourth-order valence-electron chi connectivity index (χ4n) is 4.38. The molecule has 2 aromatic carbocycles. The zero-order valence-corrected chi connectivity index (χ0v) is 24.1. The highest BCUT2D eigenvalue weighted by Gasteiger charge is 2.32. The number of carbonyl (C=O) groups excluding carboxylic acids is 1. The van der Waals surface area contributed by atoms with Gasteiger partial charge in [-0.15, -0.1) is 11.8 Å². The molecular weight excluding hydrogens is 500 g/mol. The minimum Gasteiger partial charge on any atom is -0.507 e. The fraction of sp³-hybridized carbons (Fsp3) is 0.414. The van der Waals surface area contributed by atoms with Crippen LogP contribution in [-0.4, -0.2) is 29.4 Å². The summed E-state index contributed by atoms with van der Waals surface area (Å²) in [6.45, 7) is 13.1. The molecule has 0 aliphatic carbocycles. The number of anilines is 2. The van der Waals surface area contributed by atoms with E-state index in [1.54, 1.807) is 11.8 Å². The number of benzene rings is 2. The van der Waals surface area contributed by atoms with E-state index in [9.17, 15) is 9.90 Å². The normalized spacial score (nSPS) is 21.7. The lowest BCUT2D eigenvalue weighted by molar-refractivity contribution is -0.117. The highest BCUT2D eigenvalue weighted by molar-refractivity contribution is 7.99. The fourth-order valence-corrected chi connectivity index (χ4v) is 6.49. The molecule has 1 unspecified atom stereocenters. The predicted molar refractivity (Wildman–Crippen MR) is 158 cm³/mol. The van der Waals surface area contributed by atoms with E-state index in [-0.39, 0.29) is 28.2 Å². The number of phenols is 1. The van der Waals surface area contributed by atoms with Crippen molar-refractivity contribution < 1.29 is 9.90 Å². The van der Waals surface area contributed by atoms with Crippen LogP contribution in [0.2, 0.25) is 0 Å². The second-order valence-corrected chi connectivity index (χ2v) is 14.2. The van der Waals surface area contributed by atoms with Crippen molar-refractivity contribution in [2.45, 2.75) is 63.8 Å². The van der Waals surface area contributed by atoms with Gasteiger partial charge in [0.05, 0.1) is 11.4 Å². The van der Waals surface area contributed by atoms with Crippen molar-refractivity contribution in [2.75, 3.05) is 22.9 Å². The van der Waals surface area contributed by atoms with Crippen LogP contribution in [0.25, 0.3) is 0 Å². The van der Waals surface area contributed by atoms with E-state index in [1.807, 2.05) is 29.7 Å². The van der Waals surface area contributed by atoms with Crippen molar-refractivity contribution in [3.05, 3.63) is 75.6 Å². The maximum atomic E-state index is 13.2. The zero-order chi connectivity index (χ0) is 27.0. The van der Waals surface area contributed by atoms with E-state index in [2.05, 4.69) is 81.8 Å². The molecule has 198 valence electrons. The second kappa shape index (κ2) is 10.7. The maximum Gasteiger partial charge on any atom is 0.242 e. The van der Waals surface area contributed by atoms with Crippen molar-refractivity contribution in [3.63, 3.8) is 0 Å². The van der Waals surface area contributed by atoms with E-state index in [4.69, 9.17) is 4.78 Å². The number of phenolic OH excluding ortho intramolecular Hbond substituents is 1. The summed E-state index contributed by atoms with van der Waals surface area (Å²) in [4.78, 5) is 14.3. The Morgan fingerprint density at radius 1 is 1.08 bits per heavy atom. The van der Waals surface area contributed by atoms with Gasteiger partial charge in [0.25, 0.3) is 0 Å². The zero-order valence-electron chi connectivity index (χ0n) is 22.4. The van der Waals surface area contributed by atoms with Crippen LogP contribution in [0, 0.1) is 4.78 Å². The number of carbonyl (C=O) groups is 1. The molecule has 0 radical (unpaired) electrons. The maximum absolute atomic E-state index is 13.2. The van der Waals surface area contributed by atoms with Gasteiger partial charge in [-0.2, -0.15) is 0 Å². The average Bonchev–Trinajstić information content (AvgIpc) is 3.47. The van der Waals surface area contributed by atoms with Crippen LogP contribution in [0.5, 0.6) is 5.75 Å². The van der Waals surface area contributed by atoms with Gasteiger partial charge in [-0.05, 0) is 52.1 Å². The molecule has 4 rings (SSSR count). The molecular formula is C29H38N4O2S2. The predicted octanol–water partition coefficient (Wildman–Crippen LogP) is 6.53. The quantitative estimate of drug-likeness (QED) is 0.269. The molecule has 0 spiro atoms. The van der Waals surface area contributed by atoms with Crippen molar-refractivity contribution >= 4 is 39.7 Å². The van der Waals surface area contributed by atoms with Gasteiger partial charge in [0.15, 0.2) is 0 Å². The molecule has 2 aliphatic rings. The van der Waals surface area contributed by atoms with Gasteiger partial charge < -0.3 is 15.7 Å². The molecule has 0 saturated carbocycles. The summed E-state index contributed by atoms with van der Waals surface area (Å²) in [5.74, 6) is 0.921. The first-order chi connectivity index (χ1) is 17.3. The number of hydrogen-bond acceptors (Lipinski definition) is 6. The van der Waals surface area contributed by atoms with Gasteiger partial charge in [-0.1, -0.05) is 70.4 Å². The van der Waals surface area contributed by atoms with Gasteiger partial charge in [0.2, 0.25) is 5.91 Å². The molecule has 6 nitrogen and oxygen atoms in total. The Bertz CT molecular complexity index is 1220. The monoisotopic (exact) mass is 538 g/mol. The molecule has 0 bridgehead atoms. The van der Waals surface area contributed by atoms with Crippen LogP contribution in [-0.2, 0) is 26.3 Å². The summed E-state index contributed by atoms with van der Waals surface area (Å²) in [5.41, 5.74) is 4.00. The van der Waals surface area contributed by atoms with E-state index < -0.39 is 10.7 Å². The number of allylic oxidation sites excluding steroid dienone is 2. The summed E-state index contributed by atoms with van der Waals surface area (Å²) in [6.07, 6.45) is 3.95. The van der Waals surface area contributed by atoms with Crippen LogP contribution >= 0.6 is 11.8 Å². The third-order valence-electron chi connectivity index (χ3n) is 6.55. The Labute approximate surface area is 227 Å². The summed E-state index contributed by atoms with van der Waals surface area (Å²) in [7, 11) is -0.523. The van der Waals surface area contributed by atoms with Crippen LogP contribution in [0.15, 0.2) is 58.9 Å². The minimum absolute atomic E-state index is 0.0423. The average molecular weight is 539 g/mol. The summed E-state index contributed by atoms with van der Waals surface area (Å²) >= 11 is 1.73. The molecule has 2 aromatic rings. The number of amides is 1. The Kier molecular flexibility index (Phi) is 7.93. The molecule has 8 heteroatoms. The molecule has 3 atom stereocenters. The van der Waals surface area contributed by atoms with Crippen molar-refractivity contribution in [1.82, 2.24) is 5.32 Å². The topological polar surface area (TPSA) is 97.2 Å². The van der Waals surface area contributed by atoms with Crippen molar-refractivity contribution in [1.29, 1.82) is 4.78 Å². The lowest BCUT2D eigenvalue weighted by atomic mass is 9.79. The van der Waals surface area contributed by atoms with E-state index in [1.165, 1.54) is 0 Å². The van der Waals surface area contributed by atoms with E-state index in [0.717, 1.165) is 27.3 Å². The standard InChI is InChI=1S/C29H38N4O2S2/c1-28(2,3)22-14-20(15-23(25(22)34)29(4,5)6)32-26(35)24-17-36-27(33-24)18-9-11-19(12-10-18)31-16-21-8-7-13-37(21)30/h7-15,24,27,30-31,33-34H,16-17H2,1-6H3,(H,32,35)/t24-,27+,37?/m0/s1. The van der Waals surface area contributed by atoms with Gasteiger partial charge in [0.1, 0.15) is 5.75 Å². The Hall–Kier alpha value is -2.55. The lowest BCUT2D eigenvalue weighted by Gasteiger charge is -2.28. The Morgan fingerprint density at radius 2 is 1.70 bits per heavy atom. The summed E-state index contributed by atoms with van der Waals surface area (Å²) in [6, 6.07) is 11.8. The molecule has 37 heavy (non-hydrogen) atoms. The summed E-state index contributed by atoms with van der Waals surface area (Å²) in [5, 5.41) is 22.9. The molecule has 5 N–H and O–H groups in total. The lowest BCUT2D eigenvalue weighted by Crippen LogP contribution is -2.38. The first-order valence-corrected chi connectivity index (χ1v) is 14.9. The minimum atomic E-state index is -0.523. The Balaban J connectivity index is 1.40. The highest BCUT2D eigenvalue weighted by atomic mass is 32.2. The largest absolute Gasteiger partial charge is 0.507 e. The first kappa shape index (κ1) is 27.5. The number of nitrogens with one attached hydrogen (secondary N) is 4. The third kappa shape index (κ3) is 6.48. The van der Waals surface area contributed by atoms with E-state index >= 15 is 0 Å². The number of aromatic hydroxyl groups is 1. The number of rotatable bonds is 6. The van der Waals surface area contributed by atoms with Crippen LogP contribution in [0.1, 0.15) is 63.6 Å². The van der Waals surface area contributed by atoms with Crippen LogP contribution < -0.4 is 16.0 Å². The van der Waals surface area contributed by atoms with Crippen molar-refractivity contribution in [2.24, 2.45) is 0 Å². The number of hydrogen-bond donors (Lipinski definition) is 5. The van der Waals surface area contributed by atoms with Crippen LogP contribution in [0.4, 0.5) is 11.4 Å². The molecule has 1 amide bonds. The highest BCUT2D eigenvalue weighted by Crippen LogP contribution is 2.41. The summed E-state index contributed by atoms with van der Waals surface area (Å²) < 4.78 is 7.99. The molecule has 2 heterocycles. The second-order valence-electron chi connectivity index (χ2n) is 11.6. The number of thioether (sulfide) groups is 1. The Morgan fingerprint density at radius 3 is 2.24 bits per heavy atom. The van der Waals surface area contributed by atoms with Gasteiger partial charge in [-0.3, -0.25) is 14.9 Å². The van der Waals surface area contributed by atoms with Crippen LogP contribution in [0.3, 0.4) is 0 Å². The SMILES string of the molecule is CC(C)(C)c1cc(NC(=O)[C@@H]2CS[C@H](c3ccc(NCC4=CC=CS4=N)cc3)N2)cc(C(C)(C)C)c1O. The van der Waals surface area contributed by atoms with Gasteiger partial charge >= 0.3 is 0 Å². The van der Waals surface area contributed by atoms with Gasteiger partial charge in [-0.25, -0.2) is 0 Å². The molecule has 1 saturated heterocycles. The third-order valence-corrected chi connectivity index (χ3v) is 9.09. The van der Waals surface area contributed by atoms with Crippen molar-refractivity contribution in [3.8, 4) is 5.75 Å². The van der Waals surface area contributed by atoms with Gasteiger partial charge in [0, 0.05) is 39.7 Å². The smallest absolute Gasteiger partial charge is 0.242 e. The molecule has 2 aliphatic heterocycles. The first-order valence-electron chi connectivity index (χ1n) is 12.5.